The van der Waals surface area contributed by atoms with Crippen molar-refractivity contribution in [3.8, 4) is 10.6 Å². The number of rotatable bonds is 4. The number of thiophene rings is 1. The van der Waals surface area contributed by atoms with E-state index in [4.69, 9.17) is 0 Å². The number of anilines is 1. The van der Waals surface area contributed by atoms with E-state index in [9.17, 15) is 9.59 Å². The van der Waals surface area contributed by atoms with Gasteiger partial charge in [-0.3, -0.25) is 9.59 Å². The third-order valence-electron chi connectivity index (χ3n) is 4.55. The monoisotopic (exact) mass is 397 g/mol. The summed E-state index contributed by atoms with van der Waals surface area (Å²) in [7, 11) is 0. The Balaban J connectivity index is 1.46. The molecule has 5 nitrogen and oxygen atoms in total. The second-order valence-electron chi connectivity index (χ2n) is 6.48. The fourth-order valence-corrected chi connectivity index (χ4v) is 4.78. The Bertz CT molecular complexity index is 956. The number of nitrogens with zero attached hydrogens (tertiary/aromatic N) is 2. The second kappa shape index (κ2) is 7.62. The highest BCUT2D eigenvalue weighted by Crippen LogP contribution is 2.30. The first-order chi connectivity index (χ1) is 13.1. The van der Waals surface area contributed by atoms with Crippen molar-refractivity contribution in [3.05, 3.63) is 57.2 Å². The average Bonchev–Trinajstić information content (AvgIpc) is 3.43. The maximum Gasteiger partial charge on any atom is 0.267 e. The van der Waals surface area contributed by atoms with E-state index in [1.54, 1.807) is 35.6 Å². The number of aryl methyl sites for hydroxylation is 1. The van der Waals surface area contributed by atoms with E-state index < -0.39 is 0 Å². The predicted molar refractivity (Wildman–Crippen MR) is 110 cm³/mol. The number of hydrogen-bond donors (Lipinski definition) is 1. The van der Waals surface area contributed by atoms with Gasteiger partial charge in [-0.2, -0.15) is 11.3 Å². The van der Waals surface area contributed by atoms with Crippen molar-refractivity contribution in [1.29, 1.82) is 0 Å². The number of carbonyl (C=O) groups excluding carboxylic acids is 2. The molecule has 3 heterocycles. The zero-order valence-electron chi connectivity index (χ0n) is 14.9. The Morgan fingerprint density at radius 3 is 2.52 bits per heavy atom. The molecule has 0 spiro atoms. The highest BCUT2D eigenvalue weighted by atomic mass is 32.1. The molecule has 1 aromatic carbocycles. The fourth-order valence-electron chi connectivity index (χ4n) is 3.10. The molecule has 0 bridgehead atoms. The molecule has 0 atom stereocenters. The molecule has 1 fully saturated rings. The van der Waals surface area contributed by atoms with Crippen molar-refractivity contribution >= 4 is 40.2 Å². The Morgan fingerprint density at radius 2 is 1.85 bits per heavy atom. The Labute approximate surface area is 165 Å². The third kappa shape index (κ3) is 3.79. The molecule has 138 valence electrons. The third-order valence-corrected chi connectivity index (χ3v) is 6.44. The van der Waals surface area contributed by atoms with Gasteiger partial charge in [-0.1, -0.05) is 0 Å². The largest absolute Gasteiger partial charge is 0.339 e. The van der Waals surface area contributed by atoms with E-state index >= 15 is 0 Å². The summed E-state index contributed by atoms with van der Waals surface area (Å²) in [4.78, 5) is 32.0. The molecule has 0 radical (unpaired) electrons. The summed E-state index contributed by atoms with van der Waals surface area (Å²) < 4.78 is 0. The SMILES string of the molecule is Cc1nc(-c2ccsc2)sc1C(=O)Nc1ccc(C(=O)N2CCCC2)cc1. The van der Waals surface area contributed by atoms with Gasteiger partial charge in [0.15, 0.2) is 0 Å². The number of carbonyl (C=O) groups is 2. The molecule has 2 aromatic heterocycles. The van der Waals surface area contributed by atoms with Gasteiger partial charge in [0.05, 0.1) is 5.69 Å². The van der Waals surface area contributed by atoms with Crippen molar-refractivity contribution in [3.63, 3.8) is 0 Å². The maximum atomic E-state index is 12.6. The number of thiazole rings is 1. The van der Waals surface area contributed by atoms with Gasteiger partial charge in [-0.25, -0.2) is 4.98 Å². The number of amides is 2. The zero-order chi connectivity index (χ0) is 18.8. The Kier molecular flexibility index (Phi) is 5.05. The van der Waals surface area contributed by atoms with Crippen molar-refractivity contribution in [2.24, 2.45) is 0 Å². The Hall–Kier alpha value is -2.51. The fraction of sp³-hybridized carbons (Fsp3) is 0.250. The predicted octanol–water partition coefficient (Wildman–Crippen LogP) is 4.67. The van der Waals surface area contributed by atoms with Crippen molar-refractivity contribution in [2.75, 3.05) is 18.4 Å². The van der Waals surface area contributed by atoms with Crippen molar-refractivity contribution in [2.45, 2.75) is 19.8 Å². The molecule has 0 unspecified atom stereocenters. The molecule has 3 aromatic rings. The Morgan fingerprint density at radius 1 is 1.11 bits per heavy atom. The zero-order valence-corrected chi connectivity index (χ0v) is 16.5. The quantitative estimate of drug-likeness (QED) is 0.696. The number of aromatic nitrogens is 1. The second-order valence-corrected chi connectivity index (χ2v) is 8.26. The van der Waals surface area contributed by atoms with E-state index in [1.165, 1.54) is 11.3 Å². The number of likely N-dealkylation sites (tertiary alicyclic amines) is 1. The van der Waals surface area contributed by atoms with Crippen LogP contribution in [0, 0.1) is 6.92 Å². The van der Waals surface area contributed by atoms with Crippen LogP contribution in [0.15, 0.2) is 41.1 Å². The smallest absolute Gasteiger partial charge is 0.267 e. The van der Waals surface area contributed by atoms with Gasteiger partial charge in [0.25, 0.3) is 11.8 Å². The highest BCUT2D eigenvalue weighted by Gasteiger charge is 2.20. The van der Waals surface area contributed by atoms with Gasteiger partial charge >= 0.3 is 0 Å². The van der Waals surface area contributed by atoms with E-state index in [1.807, 2.05) is 28.7 Å². The molecule has 7 heteroatoms. The normalized spacial score (nSPS) is 13.7. The minimum atomic E-state index is -0.176. The molecular weight excluding hydrogens is 378 g/mol. The molecule has 1 aliphatic heterocycles. The summed E-state index contributed by atoms with van der Waals surface area (Å²) in [5, 5.41) is 7.78. The van der Waals surface area contributed by atoms with Crippen LogP contribution in [0.4, 0.5) is 5.69 Å². The molecule has 1 saturated heterocycles. The van der Waals surface area contributed by atoms with Crippen LogP contribution in [0.1, 0.15) is 38.6 Å². The minimum Gasteiger partial charge on any atom is -0.339 e. The van der Waals surface area contributed by atoms with Gasteiger partial charge < -0.3 is 10.2 Å². The summed E-state index contributed by atoms with van der Waals surface area (Å²) in [5.41, 5.74) is 3.09. The lowest BCUT2D eigenvalue weighted by atomic mass is 10.2. The van der Waals surface area contributed by atoms with Crippen LogP contribution < -0.4 is 5.32 Å². The maximum absolute atomic E-state index is 12.6. The van der Waals surface area contributed by atoms with Crippen LogP contribution in [-0.4, -0.2) is 34.8 Å². The first-order valence-electron chi connectivity index (χ1n) is 8.82. The van der Waals surface area contributed by atoms with Gasteiger partial charge in [0, 0.05) is 35.3 Å². The lowest BCUT2D eigenvalue weighted by molar-refractivity contribution is 0.0792. The number of benzene rings is 1. The van der Waals surface area contributed by atoms with Crippen LogP contribution in [0.3, 0.4) is 0 Å². The van der Waals surface area contributed by atoms with Crippen LogP contribution in [0.5, 0.6) is 0 Å². The molecule has 4 rings (SSSR count). The van der Waals surface area contributed by atoms with Gasteiger partial charge in [0.2, 0.25) is 0 Å². The van der Waals surface area contributed by atoms with E-state index in [-0.39, 0.29) is 11.8 Å². The standard InChI is InChI=1S/C20H19N3O2S2/c1-13-17(27-19(21-13)15-8-11-26-12-15)18(24)22-16-6-4-14(5-7-16)20(25)23-9-2-3-10-23/h4-8,11-12H,2-3,9-10H2,1H3,(H,22,24). The summed E-state index contributed by atoms with van der Waals surface area (Å²) >= 11 is 3.00. The molecule has 1 N–H and O–H groups in total. The summed E-state index contributed by atoms with van der Waals surface area (Å²) in [5.74, 6) is -0.116. The first kappa shape index (κ1) is 17.9. The van der Waals surface area contributed by atoms with Crippen LogP contribution in [0.2, 0.25) is 0 Å². The topological polar surface area (TPSA) is 62.3 Å². The molecule has 0 saturated carbocycles. The summed E-state index contributed by atoms with van der Waals surface area (Å²) in [6.07, 6.45) is 2.14. The lowest BCUT2D eigenvalue weighted by Crippen LogP contribution is -2.27. The van der Waals surface area contributed by atoms with Crippen LogP contribution in [0.25, 0.3) is 10.6 Å². The van der Waals surface area contributed by atoms with Crippen LogP contribution in [-0.2, 0) is 0 Å². The molecule has 27 heavy (non-hydrogen) atoms. The summed E-state index contributed by atoms with van der Waals surface area (Å²) in [6, 6.07) is 9.09. The molecule has 2 amide bonds. The average molecular weight is 398 g/mol. The highest BCUT2D eigenvalue weighted by molar-refractivity contribution is 7.17. The van der Waals surface area contributed by atoms with Gasteiger partial charge in [-0.15, -0.1) is 11.3 Å². The van der Waals surface area contributed by atoms with Crippen LogP contribution >= 0.6 is 22.7 Å². The van der Waals surface area contributed by atoms with E-state index in [2.05, 4.69) is 10.3 Å². The van der Waals surface area contributed by atoms with Crippen molar-refractivity contribution in [1.82, 2.24) is 9.88 Å². The van der Waals surface area contributed by atoms with E-state index in [0.717, 1.165) is 42.2 Å². The van der Waals surface area contributed by atoms with Gasteiger partial charge in [-0.05, 0) is 55.5 Å². The minimum absolute atomic E-state index is 0.0593. The molecule has 0 aliphatic carbocycles. The lowest BCUT2D eigenvalue weighted by Gasteiger charge is -2.15. The summed E-state index contributed by atoms with van der Waals surface area (Å²) in [6.45, 7) is 3.50. The molecule has 1 aliphatic rings. The number of nitrogens with one attached hydrogen (secondary N) is 1. The number of hydrogen-bond acceptors (Lipinski definition) is 5. The molecular formula is C20H19N3O2S2. The first-order valence-corrected chi connectivity index (χ1v) is 10.6. The van der Waals surface area contributed by atoms with E-state index in [0.29, 0.717) is 16.1 Å². The van der Waals surface area contributed by atoms with Crippen molar-refractivity contribution < 1.29 is 9.59 Å². The van der Waals surface area contributed by atoms with Gasteiger partial charge in [0.1, 0.15) is 9.88 Å².